The number of halogens is 1. The Morgan fingerprint density at radius 1 is 0.938 bits per heavy atom. The van der Waals surface area contributed by atoms with Crippen LogP contribution in [-0.4, -0.2) is 18.5 Å². The number of sulfonamides is 1. The van der Waals surface area contributed by atoms with Gasteiger partial charge in [-0.25, -0.2) is 17.8 Å². The number of nitrogens with zero attached hydrogens (tertiary/aromatic N) is 1. The van der Waals surface area contributed by atoms with Gasteiger partial charge in [0.2, 0.25) is 0 Å². The standard InChI is InChI=1S/C23H15FN2O3S3/c24-14-9-11-15(12-10-14)32(28,29)26-19-13-21(22(27)17-6-2-1-5-16(17)19)31-23-25-18-7-3-4-8-20(18)30-23/h1-13,26-27H. The molecule has 5 aromatic rings. The van der Waals surface area contributed by atoms with Crippen LogP contribution in [0.5, 0.6) is 5.75 Å². The smallest absolute Gasteiger partial charge is 0.261 e. The summed E-state index contributed by atoms with van der Waals surface area (Å²) in [5.74, 6) is -0.469. The van der Waals surface area contributed by atoms with Gasteiger partial charge in [-0.2, -0.15) is 0 Å². The number of nitrogens with one attached hydrogen (secondary N) is 1. The molecule has 5 nitrogen and oxygen atoms in total. The zero-order valence-electron chi connectivity index (χ0n) is 16.3. The molecule has 0 amide bonds. The van der Waals surface area contributed by atoms with Crippen molar-refractivity contribution in [2.45, 2.75) is 14.1 Å². The van der Waals surface area contributed by atoms with Gasteiger partial charge in [-0.1, -0.05) is 48.2 Å². The van der Waals surface area contributed by atoms with E-state index in [1.165, 1.54) is 35.2 Å². The quantitative estimate of drug-likeness (QED) is 0.290. The highest BCUT2D eigenvalue weighted by Crippen LogP contribution is 2.44. The van der Waals surface area contributed by atoms with Gasteiger partial charge in [0.1, 0.15) is 11.6 Å². The third-order valence-corrected chi connectivity index (χ3v) is 8.33. The van der Waals surface area contributed by atoms with Crippen molar-refractivity contribution >= 4 is 59.8 Å². The molecule has 5 rings (SSSR count). The Bertz CT molecular complexity index is 1530. The van der Waals surface area contributed by atoms with E-state index in [2.05, 4.69) is 9.71 Å². The number of aromatic hydroxyl groups is 1. The summed E-state index contributed by atoms with van der Waals surface area (Å²) in [6, 6.07) is 20.9. The second-order valence-corrected chi connectivity index (χ2v) is 10.9. The number of para-hydroxylation sites is 1. The normalized spacial score (nSPS) is 11.8. The van der Waals surface area contributed by atoms with Crippen molar-refractivity contribution in [3.63, 3.8) is 0 Å². The summed E-state index contributed by atoms with van der Waals surface area (Å²) in [6.45, 7) is 0. The Labute approximate surface area is 191 Å². The lowest BCUT2D eigenvalue weighted by Gasteiger charge is -2.14. The van der Waals surface area contributed by atoms with E-state index >= 15 is 0 Å². The van der Waals surface area contributed by atoms with E-state index in [0.717, 1.165) is 26.7 Å². The van der Waals surface area contributed by atoms with Gasteiger partial charge in [0.15, 0.2) is 4.34 Å². The molecule has 0 aliphatic heterocycles. The van der Waals surface area contributed by atoms with E-state index < -0.39 is 15.8 Å². The molecule has 1 aromatic heterocycles. The lowest BCUT2D eigenvalue weighted by Crippen LogP contribution is -2.13. The minimum atomic E-state index is -3.97. The number of hydrogen-bond donors (Lipinski definition) is 2. The van der Waals surface area contributed by atoms with Gasteiger partial charge in [-0.15, -0.1) is 11.3 Å². The van der Waals surface area contributed by atoms with Gasteiger partial charge in [-0.3, -0.25) is 4.72 Å². The van der Waals surface area contributed by atoms with Gasteiger partial charge in [0.25, 0.3) is 10.0 Å². The maximum absolute atomic E-state index is 13.2. The first-order valence-corrected chi connectivity index (χ1v) is 12.6. The number of rotatable bonds is 5. The molecule has 0 aliphatic carbocycles. The van der Waals surface area contributed by atoms with Crippen LogP contribution in [0.25, 0.3) is 21.0 Å². The molecule has 32 heavy (non-hydrogen) atoms. The van der Waals surface area contributed by atoms with Crippen LogP contribution in [0.15, 0.2) is 93.0 Å². The number of hydrogen-bond acceptors (Lipinski definition) is 6. The number of benzene rings is 4. The molecule has 4 aromatic carbocycles. The lowest BCUT2D eigenvalue weighted by atomic mass is 10.1. The van der Waals surface area contributed by atoms with Crippen molar-refractivity contribution in [1.29, 1.82) is 0 Å². The minimum absolute atomic E-state index is 0.0505. The fraction of sp³-hybridized carbons (Fsp3) is 0. The molecule has 0 unspecified atom stereocenters. The van der Waals surface area contributed by atoms with Crippen LogP contribution in [0, 0.1) is 5.82 Å². The van der Waals surface area contributed by atoms with Crippen LogP contribution >= 0.6 is 23.1 Å². The molecule has 0 atom stereocenters. The van der Waals surface area contributed by atoms with Gasteiger partial charge in [-0.05, 0) is 42.5 Å². The maximum atomic E-state index is 13.2. The average molecular weight is 483 g/mol. The van der Waals surface area contributed by atoms with E-state index in [1.807, 2.05) is 24.3 Å². The zero-order valence-corrected chi connectivity index (χ0v) is 18.8. The first kappa shape index (κ1) is 20.7. The number of aromatic nitrogens is 1. The van der Waals surface area contributed by atoms with Gasteiger partial charge < -0.3 is 5.11 Å². The molecular formula is C23H15FN2O3S3. The molecule has 160 valence electrons. The van der Waals surface area contributed by atoms with E-state index in [1.54, 1.807) is 30.3 Å². The summed E-state index contributed by atoms with van der Waals surface area (Å²) >= 11 is 2.76. The van der Waals surface area contributed by atoms with Crippen molar-refractivity contribution in [3.8, 4) is 5.75 Å². The predicted molar refractivity (Wildman–Crippen MR) is 127 cm³/mol. The van der Waals surface area contributed by atoms with Crippen LogP contribution in [0.4, 0.5) is 10.1 Å². The van der Waals surface area contributed by atoms with Crippen LogP contribution in [0.3, 0.4) is 0 Å². The summed E-state index contributed by atoms with van der Waals surface area (Å²) in [6.07, 6.45) is 0. The summed E-state index contributed by atoms with van der Waals surface area (Å²) < 4.78 is 43.4. The number of phenols is 1. The molecule has 0 aliphatic rings. The largest absolute Gasteiger partial charge is 0.506 e. The minimum Gasteiger partial charge on any atom is -0.506 e. The van der Waals surface area contributed by atoms with Gasteiger partial charge >= 0.3 is 0 Å². The van der Waals surface area contributed by atoms with Crippen molar-refractivity contribution < 1.29 is 17.9 Å². The average Bonchev–Trinajstić information content (AvgIpc) is 3.19. The van der Waals surface area contributed by atoms with Crippen molar-refractivity contribution in [2.24, 2.45) is 0 Å². The van der Waals surface area contributed by atoms with Crippen molar-refractivity contribution in [3.05, 3.63) is 84.7 Å². The number of phenolic OH excluding ortho intramolecular Hbond substituents is 1. The third-order valence-electron chi connectivity index (χ3n) is 4.82. The summed E-state index contributed by atoms with van der Waals surface area (Å²) in [4.78, 5) is 5.00. The number of fused-ring (bicyclic) bond motifs is 2. The number of anilines is 1. The first-order chi connectivity index (χ1) is 15.4. The highest BCUT2D eigenvalue weighted by molar-refractivity contribution is 8.01. The molecule has 0 fully saturated rings. The molecule has 0 spiro atoms. The van der Waals surface area contributed by atoms with E-state index in [-0.39, 0.29) is 10.6 Å². The van der Waals surface area contributed by atoms with Gasteiger partial charge in [0.05, 0.1) is 25.7 Å². The summed E-state index contributed by atoms with van der Waals surface area (Å²) in [7, 11) is -3.97. The highest BCUT2D eigenvalue weighted by atomic mass is 32.2. The van der Waals surface area contributed by atoms with E-state index in [4.69, 9.17) is 0 Å². The fourth-order valence-corrected chi connectivity index (χ4v) is 6.49. The number of thiazole rings is 1. The van der Waals surface area contributed by atoms with E-state index in [0.29, 0.717) is 21.4 Å². The van der Waals surface area contributed by atoms with Crippen molar-refractivity contribution in [2.75, 3.05) is 4.72 Å². The predicted octanol–water partition coefficient (Wildman–Crippen LogP) is 6.25. The second-order valence-electron chi connectivity index (χ2n) is 6.93. The lowest BCUT2D eigenvalue weighted by molar-refractivity contribution is 0.469. The summed E-state index contributed by atoms with van der Waals surface area (Å²) in [5, 5.41) is 11.9. The Kier molecular flexibility index (Phi) is 5.24. The maximum Gasteiger partial charge on any atom is 0.261 e. The fourth-order valence-electron chi connectivity index (χ4n) is 3.30. The molecule has 2 N–H and O–H groups in total. The molecule has 0 bridgehead atoms. The van der Waals surface area contributed by atoms with E-state index in [9.17, 15) is 17.9 Å². The Balaban J connectivity index is 1.59. The molecule has 1 heterocycles. The Morgan fingerprint density at radius 2 is 1.62 bits per heavy atom. The monoisotopic (exact) mass is 482 g/mol. The molecule has 0 saturated carbocycles. The first-order valence-electron chi connectivity index (χ1n) is 9.47. The molecule has 0 saturated heterocycles. The Hall–Kier alpha value is -3.14. The molecule has 9 heteroatoms. The molecule has 0 radical (unpaired) electrons. The van der Waals surface area contributed by atoms with Crippen LogP contribution in [0.2, 0.25) is 0 Å². The van der Waals surface area contributed by atoms with Crippen LogP contribution < -0.4 is 4.72 Å². The SMILES string of the molecule is O=S(=O)(Nc1cc(Sc2nc3ccccc3s2)c(O)c2ccccc12)c1ccc(F)cc1. The van der Waals surface area contributed by atoms with Crippen molar-refractivity contribution in [1.82, 2.24) is 4.98 Å². The van der Waals surface area contributed by atoms with Crippen LogP contribution in [-0.2, 0) is 10.0 Å². The highest BCUT2D eigenvalue weighted by Gasteiger charge is 2.19. The topological polar surface area (TPSA) is 79.3 Å². The zero-order chi connectivity index (χ0) is 22.3. The molecular weight excluding hydrogens is 467 g/mol. The third kappa shape index (κ3) is 3.90. The van der Waals surface area contributed by atoms with Gasteiger partial charge in [0, 0.05) is 10.8 Å². The summed E-state index contributed by atoms with van der Waals surface area (Å²) in [5.41, 5.74) is 1.17. The van der Waals surface area contributed by atoms with Crippen LogP contribution in [0.1, 0.15) is 0 Å². The Morgan fingerprint density at radius 3 is 2.38 bits per heavy atom. The second kappa shape index (κ2) is 8.09.